The van der Waals surface area contributed by atoms with Crippen molar-refractivity contribution in [3.05, 3.63) is 18.2 Å². The number of hydrogen-bond donors (Lipinski definition) is 2. The standard InChI is InChI=1S/C9H10N2OS/c1-5-9(12)13-7-4-2-3-6(10)8(7)11-5/h2-5,11H,10H2,1H3. The van der Waals surface area contributed by atoms with E-state index in [1.54, 1.807) is 0 Å². The highest BCUT2D eigenvalue weighted by Crippen LogP contribution is 2.37. The van der Waals surface area contributed by atoms with Crippen LogP contribution in [-0.2, 0) is 4.79 Å². The molecule has 68 valence electrons. The molecule has 1 heterocycles. The summed E-state index contributed by atoms with van der Waals surface area (Å²) in [7, 11) is 0. The van der Waals surface area contributed by atoms with E-state index in [1.165, 1.54) is 11.8 Å². The quantitative estimate of drug-likeness (QED) is 0.617. The van der Waals surface area contributed by atoms with Gasteiger partial charge in [0.1, 0.15) is 0 Å². The van der Waals surface area contributed by atoms with Gasteiger partial charge in [-0.25, -0.2) is 0 Å². The smallest absolute Gasteiger partial charge is 0.215 e. The minimum atomic E-state index is -0.151. The van der Waals surface area contributed by atoms with Gasteiger partial charge >= 0.3 is 0 Å². The summed E-state index contributed by atoms with van der Waals surface area (Å²) in [5.41, 5.74) is 7.35. The first-order chi connectivity index (χ1) is 6.18. The van der Waals surface area contributed by atoms with Crippen LogP contribution in [0.2, 0.25) is 0 Å². The highest BCUT2D eigenvalue weighted by molar-refractivity contribution is 8.14. The predicted molar refractivity (Wildman–Crippen MR) is 54.8 cm³/mol. The van der Waals surface area contributed by atoms with Crippen LogP contribution in [0.1, 0.15) is 6.92 Å². The van der Waals surface area contributed by atoms with Crippen molar-refractivity contribution in [2.45, 2.75) is 17.9 Å². The molecule has 1 aliphatic heterocycles. The molecule has 0 spiro atoms. The zero-order valence-corrected chi connectivity index (χ0v) is 8.02. The van der Waals surface area contributed by atoms with E-state index in [-0.39, 0.29) is 11.2 Å². The minimum absolute atomic E-state index is 0.137. The second kappa shape index (κ2) is 2.96. The molecule has 1 aliphatic rings. The van der Waals surface area contributed by atoms with Gasteiger partial charge in [0.25, 0.3) is 0 Å². The van der Waals surface area contributed by atoms with Crippen LogP contribution < -0.4 is 11.1 Å². The molecule has 2 rings (SSSR count). The van der Waals surface area contributed by atoms with Crippen LogP contribution in [0.15, 0.2) is 23.1 Å². The summed E-state index contributed by atoms with van der Waals surface area (Å²) in [6.07, 6.45) is 0. The van der Waals surface area contributed by atoms with Crippen LogP contribution in [0.5, 0.6) is 0 Å². The van der Waals surface area contributed by atoms with Gasteiger partial charge < -0.3 is 11.1 Å². The number of para-hydroxylation sites is 1. The Balaban J connectivity index is 2.48. The second-order valence-electron chi connectivity index (χ2n) is 3.01. The molecule has 0 aromatic heterocycles. The van der Waals surface area contributed by atoms with Crippen LogP contribution in [0.25, 0.3) is 0 Å². The van der Waals surface area contributed by atoms with Gasteiger partial charge in [-0.3, -0.25) is 4.79 Å². The molecule has 4 heteroatoms. The first-order valence-electron chi connectivity index (χ1n) is 4.05. The number of carbonyl (C=O) groups excluding carboxylic acids is 1. The summed E-state index contributed by atoms with van der Waals surface area (Å²) in [6.45, 7) is 1.84. The minimum Gasteiger partial charge on any atom is -0.397 e. The van der Waals surface area contributed by atoms with Gasteiger partial charge in [0.05, 0.1) is 17.4 Å². The molecule has 0 radical (unpaired) electrons. The normalized spacial score (nSPS) is 20.7. The third kappa shape index (κ3) is 1.37. The molecule has 3 N–H and O–H groups in total. The van der Waals surface area contributed by atoms with Crippen LogP contribution >= 0.6 is 11.8 Å². The number of anilines is 2. The fourth-order valence-electron chi connectivity index (χ4n) is 1.26. The number of hydrogen-bond acceptors (Lipinski definition) is 4. The number of nitrogen functional groups attached to an aromatic ring is 1. The van der Waals surface area contributed by atoms with E-state index in [9.17, 15) is 4.79 Å². The Kier molecular flexibility index (Phi) is 1.92. The third-order valence-electron chi connectivity index (χ3n) is 1.98. The summed E-state index contributed by atoms with van der Waals surface area (Å²) in [4.78, 5) is 12.2. The van der Waals surface area contributed by atoms with Crippen LogP contribution in [0, 0.1) is 0 Å². The Labute approximate surface area is 80.7 Å². The van der Waals surface area contributed by atoms with Gasteiger partial charge in [0.2, 0.25) is 5.12 Å². The van der Waals surface area contributed by atoms with Gasteiger partial charge in [0.15, 0.2) is 0 Å². The average Bonchev–Trinajstić information content (AvgIpc) is 2.09. The third-order valence-corrected chi connectivity index (χ3v) is 3.10. The van der Waals surface area contributed by atoms with Gasteiger partial charge in [-0.2, -0.15) is 0 Å². The van der Waals surface area contributed by atoms with E-state index in [0.29, 0.717) is 5.69 Å². The van der Waals surface area contributed by atoms with Crippen molar-refractivity contribution in [2.24, 2.45) is 0 Å². The Morgan fingerprint density at radius 3 is 3.08 bits per heavy atom. The number of thioether (sulfide) groups is 1. The van der Waals surface area contributed by atoms with Crippen molar-refractivity contribution >= 4 is 28.3 Å². The maximum atomic E-state index is 11.3. The Morgan fingerprint density at radius 1 is 1.54 bits per heavy atom. The molecule has 0 fully saturated rings. The molecule has 0 saturated heterocycles. The molecule has 0 saturated carbocycles. The molecule has 1 atom stereocenters. The Hall–Kier alpha value is -1.16. The van der Waals surface area contributed by atoms with E-state index < -0.39 is 0 Å². The van der Waals surface area contributed by atoms with E-state index in [1.807, 2.05) is 25.1 Å². The molecule has 0 aliphatic carbocycles. The lowest BCUT2D eigenvalue weighted by atomic mass is 10.2. The van der Waals surface area contributed by atoms with E-state index in [4.69, 9.17) is 5.73 Å². The summed E-state index contributed by atoms with van der Waals surface area (Å²) >= 11 is 1.25. The lowest BCUT2D eigenvalue weighted by Gasteiger charge is -2.23. The molecule has 3 nitrogen and oxygen atoms in total. The topological polar surface area (TPSA) is 55.1 Å². The summed E-state index contributed by atoms with van der Waals surface area (Å²) in [6, 6.07) is 5.43. The molecule has 0 bridgehead atoms. The zero-order chi connectivity index (χ0) is 9.42. The number of nitrogens with two attached hydrogens (primary N) is 1. The number of nitrogens with one attached hydrogen (secondary N) is 1. The molecular formula is C9H10N2OS. The number of carbonyl (C=O) groups is 1. The average molecular weight is 194 g/mol. The fourth-order valence-corrected chi connectivity index (χ4v) is 2.14. The molecule has 13 heavy (non-hydrogen) atoms. The van der Waals surface area contributed by atoms with Gasteiger partial charge in [-0.05, 0) is 30.8 Å². The molecule has 1 aromatic carbocycles. The van der Waals surface area contributed by atoms with Crippen LogP contribution in [0.4, 0.5) is 11.4 Å². The van der Waals surface area contributed by atoms with E-state index in [2.05, 4.69) is 5.32 Å². The highest BCUT2D eigenvalue weighted by atomic mass is 32.2. The maximum Gasteiger partial charge on any atom is 0.215 e. The Morgan fingerprint density at radius 2 is 2.31 bits per heavy atom. The van der Waals surface area contributed by atoms with Crippen molar-refractivity contribution in [1.29, 1.82) is 0 Å². The molecular weight excluding hydrogens is 184 g/mol. The van der Waals surface area contributed by atoms with E-state index >= 15 is 0 Å². The fraction of sp³-hybridized carbons (Fsp3) is 0.222. The monoisotopic (exact) mass is 194 g/mol. The SMILES string of the molecule is CC1Nc2c(N)cccc2SC1=O. The number of rotatable bonds is 0. The van der Waals surface area contributed by atoms with Crippen LogP contribution in [-0.4, -0.2) is 11.2 Å². The van der Waals surface area contributed by atoms with Crippen molar-refractivity contribution in [1.82, 2.24) is 0 Å². The summed E-state index contributed by atoms with van der Waals surface area (Å²) < 4.78 is 0. The first kappa shape index (κ1) is 8.44. The van der Waals surface area contributed by atoms with Crippen molar-refractivity contribution in [3.8, 4) is 0 Å². The second-order valence-corrected chi connectivity index (χ2v) is 4.05. The van der Waals surface area contributed by atoms with Gasteiger partial charge in [0, 0.05) is 4.90 Å². The van der Waals surface area contributed by atoms with Crippen LogP contribution in [0.3, 0.4) is 0 Å². The van der Waals surface area contributed by atoms with Crippen molar-refractivity contribution in [2.75, 3.05) is 11.1 Å². The number of fused-ring (bicyclic) bond motifs is 1. The van der Waals surface area contributed by atoms with E-state index in [0.717, 1.165) is 10.6 Å². The van der Waals surface area contributed by atoms with Gasteiger partial charge in [-0.15, -0.1) is 0 Å². The summed E-state index contributed by atoms with van der Waals surface area (Å²) in [5.74, 6) is 0. The molecule has 1 unspecified atom stereocenters. The maximum absolute atomic E-state index is 11.3. The lowest BCUT2D eigenvalue weighted by molar-refractivity contribution is -0.111. The van der Waals surface area contributed by atoms with Crippen molar-refractivity contribution in [3.63, 3.8) is 0 Å². The summed E-state index contributed by atoms with van der Waals surface area (Å²) in [5, 5.41) is 3.22. The van der Waals surface area contributed by atoms with Gasteiger partial charge in [-0.1, -0.05) is 6.07 Å². The highest BCUT2D eigenvalue weighted by Gasteiger charge is 2.23. The first-order valence-corrected chi connectivity index (χ1v) is 4.87. The number of benzene rings is 1. The Bertz CT molecular complexity index is 365. The molecule has 1 aromatic rings. The lowest BCUT2D eigenvalue weighted by Crippen LogP contribution is -2.27. The zero-order valence-electron chi connectivity index (χ0n) is 7.20. The largest absolute Gasteiger partial charge is 0.397 e. The predicted octanol–water partition coefficient (Wildman–Crippen LogP) is 1.70. The molecule has 0 amide bonds. The van der Waals surface area contributed by atoms with Crippen molar-refractivity contribution < 1.29 is 4.79 Å².